The molecule has 1 amide bonds. The van der Waals surface area contributed by atoms with Gasteiger partial charge in [0.2, 0.25) is 12.7 Å². The lowest BCUT2D eigenvalue weighted by atomic mass is 9.94. The Morgan fingerprint density at radius 1 is 1.33 bits per heavy atom. The molecule has 1 fully saturated rings. The summed E-state index contributed by atoms with van der Waals surface area (Å²) in [6, 6.07) is 5.82. The molecule has 1 N–H and O–H groups in total. The van der Waals surface area contributed by atoms with Gasteiger partial charge in [-0.1, -0.05) is 13.0 Å². The van der Waals surface area contributed by atoms with E-state index in [-0.39, 0.29) is 18.1 Å². The molecule has 1 aliphatic heterocycles. The molecule has 0 radical (unpaired) electrons. The van der Waals surface area contributed by atoms with Gasteiger partial charge in [0.1, 0.15) is 0 Å². The summed E-state index contributed by atoms with van der Waals surface area (Å²) in [6.07, 6.45) is 2.80. The van der Waals surface area contributed by atoms with Gasteiger partial charge in [-0.05, 0) is 37.0 Å². The average molecular weight is 247 g/mol. The van der Waals surface area contributed by atoms with Crippen LogP contribution in [0.1, 0.15) is 31.7 Å². The molecule has 1 heterocycles. The van der Waals surface area contributed by atoms with Crippen molar-refractivity contribution >= 4 is 5.91 Å². The minimum absolute atomic E-state index is 0.142. The van der Waals surface area contributed by atoms with E-state index >= 15 is 0 Å². The first-order chi connectivity index (χ1) is 8.76. The third-order valence-corrected chi connectivity index (χ3v) is 3.65. The van der Waals surface area contributed by atoms with Gasteiger partial charge in [-0.3, -0.25) is 4.79 Å². The lowest BCUT2D eigenvalue weighted by molar-refractivity contribution is -0.123. The second-order valence-corrected chi connectivity index (χ2v) is 4.91. The van der Waals surface area contributed by atoms with Crippen LogP contribution in [0.25, 0.3) is 0 Å². The van der Waals surface area contributed by atoms with Gasteiger partial charge in [0.15, 0.2) is 11.5 Å². The molecule has 18 heavy (non-hydrogen) atoms. The molecule has 1 aromatic carbocycles. The van der Waals surface area contributed by atoms with Crippen LogP contribution in [0.5, 0.6) is 11.5 Å². The molecule has 4 nitrogen and oxygen atoms in total. The van der Waals surface area contributed by atoms with Crippen LogP contribution < -0.4 is 14.8 Å². The number of carbonyl (C=O) groups excluding carboxylic acids is 1. The number of amides is 1. The van der Waals surface area contributed by atoms with E-state index in [1.165, 1.54) is 0 Å². The molecule has 0 atom stereocenters. The molecular formula is C14H17NO3. The Morgan fingerprint density at radius 3 is 2.83 bits per heavy atom. The van der Waals surface area contributed by atoms with E-state index in [0.29, 0.717) is 0 Å². The van der Waals surface area contributed by atoms with Gasteiger partial charge in [-0.2, -0.15) is 0 Å². The highest BCUT2D eigenvalue weighted by Gasteiger charge is 2.51. The Kier molecular flexibility index (Phi) is 2.65. The van der Waals surface area contributed by atoms with Crippen LogP contribution in [0, 0.1) is 0 Å². The van der Waals surface area contributed by atoms with E-state index in [2.05, 4.69) is 12.2 Å². The third-order valence-electron chi connectivity index (χ3n) is 3.65. The minimum Gasteiger partial charge on any atom is -0.454 e. The van der Waals surface area contributed by atoms with Crippen molar-refractivity contribution in [2.45, 2.75) is 31.6 Å². The number of ether oxygens (including phenoxy) is 2. The monoisotopic (exact) mass is 247 g/mol. The van der Waals surface area contributed by atoms with Crippen molar-refractivity contribution in [2.75, 3.05) is 13.3 Å². The zero-order chi connectivity index (χ0) is 12.6. The van der Waals surface area contributed by atoms with E-state index in [1.807, 2.05) is 18.2 Å². The highest BCUT2D eigenvalue weighted by Crippen LogP contribution is 2.50. The number of hydrogen-bond donors (Lipinski definition) is 1. The van der Waals surface area contributed by atoms with Crippen molar-refractivity contribution in [3.8, 4) is 11.5 Å². The fourth-order valence-corrected chi connectivity index (χ4v) is 2.37. The van der Waals surface area contributed by atoms with Crippen LogP contribution in [0.2, 0.25) is 0 Å². The smallest absolute Gasteiger partial charge is 0.231 e. The number of benzene rings is 1. The van der Waals surface area contributed by atoms with Crippen molar-refractivity contribution in [3.63, 3.8) is 0 Å². The molecule has 0 unspecified atom stereocenters. The molecule has 96 valence electrons. The highest BCUT2D eigenvalue weighted by molar-refractivity contribution is 5.91. The summed E-state index contributed by atoms with van der Waals surface area (Å²) in [5, 5.41) is 2.99. The fourth-order valence-electron chi connectivity index (χ4n) is 2.37. The first-order valence-electron chi connectivity index (χ1n) is 6.45. The Hall–Kier alpha value is -1.71. The predicted molar refractivity (Wildman–Crippen MR) is 66.8 cm³/mol. The SMILES string of the molecule is CCCNC(=O)C1(c2ccc3c(c2)OCO3)CC1. The van der Waals surface area contributed by atoms with Crippen molar-refractivity contribution < 1.29 is 14.3 Å². The third kappa shape index (κ3) is 1.72. The quantitative estimate of drug-likeness (QED) is 0.885. The van der Waals surface area contributed by atoms with Crippen LogP contribution in [0.4, 0.5) is 0 Å². The second-order valence-electron chi connectivity index (χ2n) is 4.91. The summed E-state index contributed by atoms with van der Waals surface area (Å²) in [4.78, 5) is 12.2. The topological polar surface area (TPSA) is 47.6 Å². The van der Waals surface area contributed by atoms with Crippen molar-refractivity contribution in [3.05, 3.63) is 23.8 Å². The van der Waals surface area contributed by atoms with Crippen LogP contribution >= 0.6 is 0 Å². The minimum atomic E-state index is -0.323. The van der Waals surface area contributed by atoms with Crippen LogP contribution in [0.15, 0.2) is 18.2 Å². The molecule has 2 aliphatic rings. The molecular weight excluding hydrogens is 230 g/mol. The van der Waals surface area contributed by atoms with E-state index in [1.54, 1.807) is 0 Å². The average Bonchev–Trinajstić information content (AvgIpc) is 3.07. The Bertz CT molecular complexity index is 480. The van der Waals surface area contributed by atoms with E-state index in [9.17, 15) is 4.79 Å². The first-order valence-corrected chi connectivity index (χ1v) is 6.45. The maximum absolute atomic E-state index is 12.2. The molecule has 1 aliphatic carbocycles. The Labute approximate surface area is 106 Å². The number of hydrogen-bond acceptors (Lipinski definition) is 3. The van der Waals surface area contributed by atoms with E-state index < -0.39 is 0 Å². The van der Waals surface area contributed by atoms with Crippen LogP contribution in [0.3, 0.4) is 0 Å². The summed E-state index contributed by atoms with van der Waals surface area (Å²) in [7, 11) is 0. The van der Waals surface area contributed by atoms with Gasteiger partial charge in [-0.15, -0.1) is 0 Å². The van der Waals surface area contributed by atoms with Gasteiger partial charge in [-0.25, -0.2) is 0 Å². The van der Waals surface area contributed by atoms with Gasteiger partial charge in [0.25, 0.3) is 0 Å². The largest absolute Gasteiger partial charge is 0.454 e. The zero-order valence-electron chi connectivity index (χ0n) is 10.5. The van der Waals surface area contributed by atoms with Crippen molar-refractivity contribution in [2.24, 2.45) is 0 Å². The summed E-state index contributed by atoms with van der Waals surface area (Å²) >= 11 is 0. The van der Waals surface area contributed by atoms with E-state index in [4.69, 9.17) is 9.47 Å². The number of rotatable bonds is 4. The maximum atomic E-state index is 12.2. The number of fused-ring (bicyclic) bond motifs is 1. The molecule has 1 saturated carbocycles. The van der Waals surface area contributed by atoms with Crippen molar-refractivity contribution in [1.82, 2.24) is 5.32 Å². The maximum Gasteiger partial charge on any atom is 0.231 e. The van der Waals surface area contributed by atoms with Gasteiger partial charge in [0, 0.05) is 6.54 Å². The highest BCUT2D eigenvalue weighted by atomic mass is 16.7. The Balaban J connectivity index is 1.83. The molecule has 1 aromatic rings. The molecule has 0 bridgehead atoms. The lowest BCUT2D eigenvalue weighted by Gasteiger charge is -2.15. The molecule has 4 heteroatoms. The molecule has 3 rings (SSSR count). The second kappa shape index (κ2) is 4.19. The lowest BCUT2D eigenvalue weighted by Crippen LogP contribution is -2.35. The molecule has 0 aromatic heterocycles. The molecule has 0 spiro atoms. The van der Waals surface area contributed by atoms with Gasteiger partial charge < -0.3 is 14.8 Å². The zero-order valence-corrected chi connectivity index (χ0v) is 10.5. The van der Waals surface area contributed by atoms with Gasteiger partial charge in [0.05, 0.1) is 5.41 Å². The predicted octanol–water partition coefficient (Wildman–Crippen LogP) is 1.97. The standard InChI is InChI=1S/C14H17NO3/c1-2-7-15-13(16)14(5-6-14)10-3-4-11-12(8-10)18-9-17-11/h3-4,8H,2,5-7,9H2,1H3,(H,15,16). The van der Waals surface area contributed by atoms with Crippen LogP contribution in [-0.4, -0.2) is 19.2 Å². The summed E-state index contributed by atoms with van der Waals surface area (Å²) in [5.74, 6) is 1.66. The first kappa shape index (κ1) is 11.4. The van der Waals surface area contributed by atoms with Crippen molar-refractivity contribution in [1.29, 1.82) is 0 Å². The number of carbonyl (C=O) groups is 1. The summed E-state index contributed by atoms with van der Waals surface area (Å²) < 4.78 is 10.7. The number of nitrogens with one attached hydrogen (secondary N) is 1. The van der Waals surface area contributed by atoms with Crippen LogP contribution in [-0.2, 0) is 10.2 Å². The van der Waals surface area contributed by atoms with Gasteiger partial charge >= 0.3 is 0 Å². The normalized spacial score (nSPS) is 18.5. The summed E-state index contributed by atoms with van der Waals surface area (Å²) in [6.45, 7) is 3.07. The fraction of sp³-hybridized carbons (Fsp3) is 0.500. The summed E-state index contributed by atoms with van der Waals surface area (Å²) in [5.41, 5.74) is 0.719. The molecule has 0 saturated heterocycles. The van der Waals surface area contributed by atoms with E-state index in [0.717, 1.165) is 42.9 Å². The Morgan fingerprint density at radius 2 is 2.11 bits per heavy atom.